The molecular formula is C45H40Cl2FN11O5. The van der Waals surface area contributed by atoms with Crippen LogP contribution in [0.15, 0.2) is 91.3 Å². The van der Waals surface area contributed by atoms with Crippen molar-refractivity contribution in [2.75, 3.05) is 27.1 Å². The summed E-state index contributed by atoms with van der Waals surface area (Å²) in [6.45, 7) is 4.92. The number of fused-ring (bicyclic) bond motifs is 4. The zero-order chi connectivity index (χ0) is 46.4. The van der Waals surface area contributed by atoms with Crippen LogP contribution >= 0.6 is 23.2 Å². The first-order valence-corrected chi connectivity index (χ1v) is 20.0. The number of carboxylic acid groups (broad SMARTS) is 1. The van der Waals surface area contributed by atoms with Crippen molar-refractivity contribution < 1.29 is 29.9 Å². The Bertz CT molecular complexity index is 3220. The fourth-order valence-electron chi connectivity index (χ4n) is 7.10. The molecule has 0 aliphatic carbocycles. The highest BCUT2D eigenvalue weighted by Gasteiger charge is 2.21. The number of rotatable bonds is 10. The maximum Gasteiger partial charge on any atom is 0.358 e. The Kier molecular flexibility index (Phi) is 13.0. The summed E-state index contributed by atoms with van der Waals surface area (Å²) in [5.74, 6) is -0.288. The lowest BCUT2D eigenvalue weighted by molar-refractivity contribution is 0.0691. The average molecular weight is 906 g/mol. The monoisotopic (exact) mass is 904 g/mol. The fraction of sp³-hybridized carbons (Fsp3) is 0.178. The van der Waals surface area contributed by atoms with E-state index in [0.717, 1.165) is 49.8 Å². The Hall–Kier alpha value is -7.50. The number of hydrogen-bond acceptors (Lipinski definition) is 12. The average Bonchev–Trinajstić information content (AvgIpc) is 3.83. The van der Waals surface area contributed by atoms with Gasteiger partial charge >= 0.3 is 5.97 Å². The number of nitrogen functional groups attached to an aromatic ring is 1. The number of nitrogens with zero attached hydrogens (tertiary/aromatic N) is 9. The molecular weight excluding hydrogens is 864 g/mol. The quantitative estimate of drug-likeness (QED) is 0.118. The van der Waals surface area contributed by atoms with Crippen LogP contribution in [0.25, 0.3) is 43.9 Å². The SMILES string of the molecule is COc1ccc2c(n1)c(C(=O)NCc1c(C)cc(N)nc1C)nn2Cc1ccc2ncc(Cl)cc2c1.COc1ccc2c(n1)c(C(=O)O)nn2Cc1ccc2ncc(Cl)cc2c1.[2H]CF. The number of aromatic nitrogens is 9. The van der Waals surface area contributed by atoms with E-state index in [9.17, 15) is 19.1 Å². The highest BCUT2D eigenvalue weighted by atomic mass is 35.5. The highest BCUT2D eigenvalue weighted by molar-refractivity contribution is 6.31. The van der Waals surface area contributed by atoms with Gasteiger partial charge in [0.25, 0.3) is 5.91 Å². The predicted octanol–water partition coefficient (Wildman–Crippen LogP) is 8.19. The van der Waals surface area contributed by atoms with E-state index in [1.807, 2.05) is 68.4 Å². The molecule has 19 heteroatoms. The number of carbonyl (C=O) groups excluding carboxylic acids is 1. The number of amides is 1. The number of carboxylic acids is 1. The van der Waals surface area contributed by atoms with Crippen molar-refractivity contribution in [2.24, 2.45) is 0 Å². The largest absolute Gasteiger partial charge is 0.481 e. The molecule has 0 saturated heterocycles. The van der Waals surface area contributed by atoms with E-state index in [4.69, 9.17) is 39.8 Å². The Morgan fingerprint density at radius 2 is 1.27 bits per heavy atom. The lowest BCUT2D eigenvalue weighted by Gasteiger charge is -2.11. The first-order valence-electron chi connectivity index (χ1n) is 20.0. The number of methoxy groups -OCH3 is 2. The molecule has 16 nitrogen and oxygen atoms in total. The summed E-state index contributed by atoms with van der Waals surface area (Å²) in [6.07, 6.45) is 3.22. The Balaban J connectivity index is 0.000000191. The maximum absolute atomic E-state index is 13.3. The van der Waals surface area contributed by atoms with Gasteiger partial charge in [-0.3, -0.25) is 28.5 Å². The van der Waals surface area contributed by atoms with Gasteiger partial charge in [-0.1, -0.05) is 35.3 Å². The van der Waals surface area contributed by atoms with Crippen LogP contribution in [-0.2, 0) is 19.6 Å². The molecule has 0 saturated carbocycles. The zero-order valence-corrected chi connectivity index (χ0v) is 36.3. The van der Waals surface area contributed by atoms with Gasteiger partial charge in [0, 0.05) is 47.5 Å². The summed E-state index contributed by atoms with van der Waals surface area (Å²) in [4.78, 5) is 46.4. The van der Waals surface area contributed by atoms with Crippen molar-refractivity contribution in [1.82, 2.24) is 49.8 Å². The van der Waals surface area contributed by atoms with Gasteiger partial charge in [-0.05, 0) is 90.7 Å². The van der Waals surface area contributed by atoms with Crippen molar-refractivity contribution in [1.29, 1.82) is 0 Å². The third-order valence-corrected chi connectivity index (χ3v) is 10.5. The van der Waals surface area contributed by atoms with E-state index >= 15 is 0 Å². The molecule has 2 aromatic carbocycles. The summed E-state index contributed by atoms with van der Waals surface area (Å²) in [5, 5.41) is 24.2. The van der Waals surface area contributed by atoms with Crippen LogP contribution in [0.3, 0.4) is 0 Å². The molecule has 326 valence electrons. The van der Waals surface area contributed by atoms with E-state index in [1.54, 1.807) is 46.0 Å². The first-order chi connectivity index (χ1) is 31.3. The number of aryl methyl sites for hydroxylation is 2. The molecule has 9 rings (SSSR count). The standard InChI is InChI=1S/C26H24ClN7O2.C18H13ClN4O3.CH3F/c1-14-8-22(28)31-15(2)19(14)12-30-26(35)25-24-21(6-7-23(32-24)36-3)34(33-25)13-16-4-5-20-17(9-16)10-18(27)11-29-20;1-26-15-5-4-14-16(21-15)17(18(24)25)22-23(14)9-10-2-3-13-11(6-10)7-12(19)8-20-13;1-2/h4-11H,12-13H2,1-3H3,(H2,28,31)(H,30,35);2-8H,9H2,1H3,(H,24,25);1H3/i;;1D. The van der Waals surface area contributed by atoms with Gasteiger partial charge in [0.15, 0.2) is 11.4 Å². The number of anilines is 1. The number of aromatic carboxylic acids is 1. The van der Waals surface area contributed by atoms with Crippen molar-refractivity contribution in [3.8, 4) is 11.8 Å². The Morgan fingerprint density at radius 3 is 1.75 bits per heavy atom. The number of ether oxygens (including phenoxy) is 2. The second kappa shape index (κ2) is 19.3. The van der Waals surface area contributed by atoms with Gasteiger partial charge in [0.2, 0.25) is 11.8 Å². The van der Waals surface area contributed by atoms with Crippen LogP contribution in [0.5, 0.6) is 11.8 Å². The molecule has 0 fully saturated rings. The Labute approximate surface area is 376 Å². The van der Waals surface area contributed by atoms with Gasteiger partial charge in [0.1, 0.15) is 16.9 Å². The lowest BCUT2D eigenvalue weighted by atomic mass is 10.1. The molecule has 0 unspecified atom stereocenters. The number of nitrogens with one attached hydrogen (secondary N) is 1. The number of carbonyl (C=O) groups is 2. The minimum atomic E-state index is -1.14. The molecule has 4 N–H and O–H groups in total. The van der Waals surface area contributed by atoms with Gasteiger partial charge in [-0.15, -0.1) is 0 Å². The molecule has 0 aliphatic heterocycles. The molecule has 9 aromatic rings. The molecule has 0 atom stereocenters. The van der Waals surface area contributed by atoms with Crippen LogP contribution in [0.4, 0.5) is 10.2 Å². The third-order valence-electron chi connectivity index (χ3n) is 10.1. The molecule has 7 aromatic heterocycles. The normalized spacial score (nSPS) is 11.1. The number of halogens is 3. The molecule has 0 bridgehead atoms. The summed E-state index contributed by atoms with van der Waals surface area (Å²) in [6, 6.07) is 24.2. The van der Waals surface area contributed by atoms with Gasteiger partial charge < -0.3 is 25.6 Å². The van der Waals surface area contributed by atoms with Crippen LogP contribution in [0.2, 0.25) is 10.0 Å². The topological polar surface area (TPSA) is 211 Å². The van der Waals surface area contributed by atoms with Crippen LogP contribution in [-0.4, -0.2) is 82.8 Å². The summed E-state index contributed by atoms with van der Waals surface area (Å²) in [7, 11) is 2.01. The summed E-state index contributed by atoms with van der Waals surface area (Å²) < 4.78 is 29.3. The lowest BCUT2D eigenvalue weighted by Crippen LogP contribution is -2.25. The van der Waals surface area contributed by atoms with E-state index in [2.05, 4.69) is 40.4 Å². The van der Waals surface area contributed by atoms with Gasteiger partial charge in [-0.2, -0.15) is 10.2 Å². The van der Waals surface area contributed by atoms with E-state index in [1.165, 1.54) is 14.2 Å². The minimum Gasteiger partial charge on any atom is -0.481 e. The van der Waals surface area contributed by atoms with Crippen molar-refractivity contribution in [3.05, 3.63) is 141 Å². The minimum absolute atomic E-state index is 0.107. The molecule has 1 amide bonds. The van der Waals surface area contributed by atoms with Gasteiger partial charge in [-0.25, -0.2) is 19.7 Å². The second-order valence-electron chi connectivity index (χ2n) is 14.2. The van der Waals surface area contributed by atoms with Crippen molar-refractivity contribution >= 4 is 84.8 Å². The first kappa shape index (κ1) is 43.2. The molecule has 0 aliphatic rings. The summed E-state index contributed by atoms with van der Waals surface area (Å²) in [5.41, 5.74) is 14.3. The molecule has 64 heavy (non-hydrogen) atoms. The number of alkyl halides is 1. The van der Waals surface area contributed by atoms with Gasteiger partial charge in [0.05, 0.1) is 67.9 Å². The van der Waals surface area contributed by atoms with Crippen molar-refractivity contribution in [2.45, 2.75) is 33.5 Å². The molecule has 7 heterocycles. The number of hydrogen-bond donors (Lipinski definition) is 3. The summed E-state index contributed by atoms with van der Waals surface area (Å²) >= 11 is 12.1. The maximum atomic E-state index is 13.3. The van der Waals surface area contributed by atoms with Crippen LogP contribution in [0, 0.1) is 13.8 Å². The number of benzene rings is 2. The second-order valence-corrected chi connectivity index (χ2v) is 15.1. The number of nitrogens with two attached hydrogens (primary N) is 1. The van der Waals surface area contributed by atoms with Crippen LogP contribution in [0.1, 0.15) is 50.3 Å². The molecule has 0 radical (unpaired) electrons. The van der Waals surface area contributed by atoms with E-state index < -0.39 is 13.1 Å². The highest BCUT2D eigenvalue weighted by Crippen LogP contribution is 2.26. The Morgan fingerprint density at radius 1 is 0.766 bits per heavy atom. The third kappa shape index (κ3) is 9.60. The van der Waals surface area contributed by atoms with E-state index in [-0.39, 0.29) is 17.3 Å². The van der Waals surface area contributed by atoms with E-state index in [0.29, 0.717) is 69.3 Å². The zero-order valence-electron chi connectivity index (χ0n) is 35.8. The smallest absolute Gasteiger partial charge is 0.358 e. The fourth-order valence-corrected chi connectivity index (χ4v) is 7.43. The predicted molar refractivity (Wildman–Crippen MR) is 243 cm³/mol. The van der Waals surface area contributed by atoms with Crippen LogP contribution < -0.4 is 20.5 Å². The van der Waals surface area contributed by atoms with Crippen molar-refractivity contribution in [3.63, 3.8) is 0 Å². The number of pyridine rings is 5. The molecule has 0 spiro atoms.